The standard InChI is InChI=1S/C29H38N4O3S/c1-20-9-11-22(12-10-20)27(34)33(23-13-17-32(18-14-23)29-30-15-6-16-31-29)24-19-25(21-7-4-3-5-8-21)37-26(24)28(35)36-2/h6-7,15-16,19-20,22-23H,3-5,8-14,17-18H2,1-2H3. The average Bonchev–Trinajstić information content (AvgIpc) is 3.39. The van der Waals surface area contributed by atoms with E-state index in [1.54, 1.807) is 12.4 Å². The van der Waals surface area contributed by atoms with Gasteiger partial charge in [-0.1, -0.05) is 13.0 Å². The fraction of sp³-hybridized carbons (Fsp3) is 0.586. The van der Waals surface area contributed by atoms with Crippen LogP contribution in [-0.2, 0) is 9.53 Å². The molecule has 37 heavy (non-hydrogen) atoms. The van der Waals surface area contributed by atoms with E-state index in [0.29, 0.717) is 10.8 Å². The summed E-state index contributed by atoms with van der Waals surface area (Å²) in [6.45, 7) is 3.82. The molecule has 0 atom stereocenters. The van der Waals surface area contributed by atoms with Crippen molar-refractivity contribution in [3.63, 3.8) is 0 Å². The van der Waals surface area contributed by atoms with Crippen LogP contribution in [0.4, 0.5) is 11.6 Å². The summed E-state index contributed by atoms with van der Waals surface area (Å²) in [6.07, 6.45) is 15.9. The van der Waals surface area contributed by atoms with Crippen molar-refractivity contribution in [3.05, 3.63) is 40.4 Å². The van der Waals surface area contributed by atoms with E-state index in [2.05, 4.69) is 33.9 Å². The molecule has 1 saturated carbocycles. The number of ether oxygens (including phenoxy) is 1. The van der Waals surface area contributed by atoms with E-state index in [-0.39, 0.29) is 23.8 Å². The molecule has 7 nitrogen and oxygen atoms in total. The molecule has 0 spiro atoms. The Morgan fingerprint density at radius 2 is 1.78 bits per heavy atom. The molecular formula is C29H38N4O3S. The van der Waals surface area contributed by atoms with Crippen molar-refractivity contribution < 1.29 is 14.3 Å². The first-order chi connectivity index (χ1) is 18.0. The highest BCUT2D eigenvalue weighted by Gasteiger charge is 2.38. The number of anilines is 2. The zero-order chi connectivity index (χ0) is 25.8. The lowest BCUT2D eigenvalue weighted by Gasteiger charge is -2.40. The summed E-state index contributed by atoms with van der Waals surface area (Å²) in [5.41, 5.74) is 2.04. The largest absolute Gasteiger partial charge is 0.465 e. The normalized spacial score (nSPS) is 22.9. The first-order valence-corrected chi connectivity index (χ1v) is 14.6. The van der Waals surface area contributed by atoms with Crippen LogP contribution in [-0.4, -0.2) is 48.1 Å². The minimum absolute atomic E-state index is 0.00873. The molecule has 2 fully saturated rings. The number of hydrogen-bond donors (Lipinski definition) is 0. The third-order valence-electron chi connectivity index (χ3n) is 8.22. The van der Waals surface area contributed by atoms with Crippen molar-refractivity contribution in [3.8, 4) is 0 Å². The van der Waals surface area contributed by atoms with Crippen LogP contribution in [0.2, 0.25) is 0 Å². The quantitative estimate of drug-likeness (QED) is 0.426. The molecule has 0 N–H and O–H groups in total. The van der Waals surface area contributed by atoms with Crippen molar-refractivity contribution in [2.45, 2.75) is 77.2 Å². The lowest BCUT2D eigenvalue weighted by molar-refractivity contribution is -0.124. The molecule has 3 aliphatic rings. The Hall–Kier alpha value is -2.74. The monoisotopic (exact) mass is 522 g/mol. The lowest BCUT2D eigenvalue weighted by atomic mass is 9.82. The maximum atomic E-state index is 14.2. The fourth-order valence-corrected chi connectivity index (χ4v) is 7.13. The smallest absolute Gasteiger partial charge is 0.350 e. The molecule has 1 amide bonds. The van der Waals surface area contributed by atoms with Crippen LogP contribution < -0.4 is 9.80 Å². The Morgan fingerprint density at radius 3 is 2.43 bits per heavy atom. The summed E-state index contributed by atoms with van der Waals surface area (Å²) in [5, 5.41) is 0. The molecule has 8 heteroatoms. The van der Waals surface area contributed by atoms with Gasteiger partial charge in [-0.05, 0) is 87.8 Å². The first kappa shape index (κ1) is 25.9. The highest BCUT2D eigenvalue weighted by molar-refractivity contribution is 7.15. The number of carbonyl (C=O) groups excluding carboxylic acids is 2. The van der Waals surface area contributed by atoms with E-state index in [0.717, 1.165) is 87.4 Å². The zero-order valence-corrected chi connectivity index (χ0v) is 22.8. The molecule has 5 rings (SSSR count). The molecule has 198 valence electrons. The number of piperidine rings is 1. The third-order valence-corrected chi connectivity index (χ3v) is 9.40. The van der Waals surface area contributed by atoms with Gasteiger partial charge in [0, 0.05) is 42.3 Å². The lowest BCUT2D eigenvalue weighted by Crippen LogP contribution is -2.50. The summed E-state index contributed by atoms with van der Waals surface area (Å²) in [7, 11) is 1.43. The molecule has 0 unspecified atom stereocenters. The number of amides is 1. The van der Waals surface area contributed by atoms with Gasteiger partial charge in [0.25, 0.3) is 0 Å². The number of esters is 1. The molecule has 2 aliphatic carbocycles. The maximum Gasteiger partial charge on any atom is 0.350 e. The van der Waals surface area contributed by atoms with Crippen molar-refractivity contribution in [2.24, 2.45) is 11.8 Å². The average molecular weight is 523 g/mol. The van der Waals surface area contributed by atoms with E-state index in [9.17, 15) is 9.59 Å². The summed E-state index contributed by atoms with van der Waals surface area (Å²) in [4.78, 5) is 41.9. The van der Waals surface area contributed by atoms with Crippen LogP contribution in [0, 0.1) is 11.8 Å². The van der Waals surface area contributed by atoms with Gasteiger partial charge >= 0.3 is 5.97 Å². The number of rotatable bonds is 6. The van der Waals surface area contributed by atoms with Crippen molar-refractivity contribution in [1.29, 1.82) is 0 Å². The second kappa shape index (κ2) is 11.8. The van der Waals surface area contributed by atoms with Gasteiger partial charge in [0.15, 0.2) is 0 Å². The van der Waals surface area contributed by atoms with Crippen molar-refractivity contribution >= 4 is 40.4 Å². The van der Waals surface area contributed by atoms with Gasteiger partial charge in [-0.3, -0.25) is 4.79 Å². The summed E-state index contributed by atoms with van der Waals surface area (Å²) >= 11 is 1.49. The van der Waals surface area contributed by atoms with E-state index < -0.39 is 0 Å². The van der Waals surface area contributed by atoms with Crippen molar-refractivity contribution in [1.82, 2.24) is 9.97 Å². The Labute approximate surface area is 223 Å². The predicted molar refractivity (Wildman–Crippen MR) is 148 cm³/mol. The van der Waals surface area contributed by atoms with Crippen LogP contribution in [0.25, 0.3) is 5.57 Å². The van der Waals surface area contributed by atoms with Crippen LogP contribution >= 0.6 is 11.3 Å². The Kier molecular flexibility index (Phi) is 8.23. The minimum Gasteiger partial charge on any atom is -0.465 e. The number of thiophene rings is 1. The van der Waals surface area contributed by atoms with Gasteiger partial charge in [0.05, 0.1) is 12.8 Å². The van der Waals surface area contributed by atoms with Gasteiger partial charge in [-0.25, -0.2) is 14.8 Å². The zero-order valence-electron chi connectivity index (χ0n) is 22.0. The third kappa shape index (κ3) is 5.74. The molecule has 3 heterocycles. The molecule has 2 aromatic heterocycles. The van der Waals surface area contributed by atoms with Gasteiger partial charge in [-0.2, -0.15) is 0 Å². The second-order valence-corrected chi connectivity index (χ2v) is 11.8. The van der Waals surface area contributed by atoms with Gasteiger partial charge in [0.1, 0.15) is 4.88 Å². The van der Waals surface area contributed by atoms with E-state index in [1.165, 1.54) is 30.4 Å². The van der Waals surface area contributed by atoms with Gasteiger partial charge in [-0.15, -0.1) is 11.3 Å². The fourth-order valence-electron chi connectivity index (χ4n) is 6.00. The van der Waals surface area contributed by atoms with Crippen LogP contribution in [0.1, 0.15) is 85.7 Å². The summed E-state index contributed by atoms with van der Waals surface area (Å²) < 4.78 is 5.22. The van der Waals surface area contributed by atoms with Crippen LogP contribution in [0.3, 0.4) is 0 Å². The van der Waals surface area contributed by atoms with Gasteiger partial charge in [0.2, 0.25) is 11.9 Å². The minimum atomic E-state index is -0.354. The predicted octanol–water partition coefficient (Wildman–Crippen LogP) is 6.11. The van der Waals surface area contributed by atoms with E-state index >= 15 is 0 Å². The molecule has 1 aliphatic heterocycles. The first-order valence-electron chi connectivity index (χ1n) is 13.8. The highest BCUT2D eigenvalue weighted by atomic mass is 32.1. The van der Waals surface area contributed by atoms with Gasteiger partial charge < -0.3 is 14.5 Å². The Balaban J connectivity index is 1.47. The summed E-state index contributed by atoms with van der Waals surface area (Å²) in [6, 6.07) is 3.95. The number of hydrogen-bond acceptors (Lipinski definition) is 7. The SMILES string of the molecule is COC(=O)c1sc(C2=CCCCC2)cc1N(C(=O)C1CCC(C)CC1)C1CCN(c2ncccn2)CC1. The number of allylic oxidation sites excluding steroid dienone is 2. The molecule has 0 aromatic carbocycles. The summed E-state index contributed by atoms with van der Waals surface area (Å²) in [5.74, 6) is 1.23. The number of methoxy groups -OCH3 is 1. The second-order valence-electron chi connectivity index (χ2n) is 10.7. The van der Waals surface area contributed by atoms with Crippen LogP contribution in [0.15, 0.2) is 30.6 Å². The van der Waals surface area contributed by atoms with Crippen LogP contribution in [0.5, 0.6) is 0 Å². The topological polar surface area (TPSA) is 75.6 Å². The molecule has 2 aromatic rings. The molecule has 1 saturated heterocycles. The number of carbonyl (C=O) groups is 2. The molecule has 0 bridgehead atoms. The van der Waals surface area contributed by atoms with Crippen molar-refractivity contribution in [2.75, 3.05) is 30.0 Å². The Morgan fingerprint density at radius 1 is 1.05 bits per heavy atom. The molecular weight excluding hydrogens is 484 g/mol. The van der Waals surface area contributed by atoms with E-state index in [1.807, 2.05) is 11.0 Å². The molecule has 0 radical (unpaired) electrons. The number of nitrogens with zero attached hydrogens (tertiary/aromatic N) is 4. The maximum absolute atomic E-state index is 14.2. The number of aromatic nitrogens is 2. The highest BCUT2D eigenvalue weighted by Crippen LogP contribution is 2.41. The Bertz CT molecular complexity index is 1120. The van der Waals surface area contributed by atoms with E-state index in [4.69, 9.17) is 4.74 Å².